The van der Waals surface area contributed by atoms with Crippen molar-refractivity contribution in [3.8, 4) is 16.9 Å². The third kappa shape index (κ3) is 3.41. The lowest BCUT2D eigenvalue weighted by atomic mass is 10.1. The van der Waals surface area contributed by atoms with Gasteiger partial charge in [-0.2, -0.15) is 0 Å². The Labute approximate surface area is 135 Å². The molecule has 3 aromatic rings. The molecule has 0 aliphatic rings. The second-order valence-corrected chi connectivity index (χ2v) is 5.47. The Morgan fingerprint density at radius 3 is 2.36 bits per heavy atom. The van der Waals surface area contributed by atoms with Crippen molar-refractivity contribution in [3.05, 3.63) is 83.4 Å². The molecule has 3 heteroatoms. The van der Waals surface area contributed by atoms with E-state index in [9.17, 15) is 0 Å². The Kier molecular flexibility index (Phi) is 4.31. The molecule has 0 saturated heterocycles. The third-order valence-electron chi connectivity index (χ3n) is 3.41. The average Bonchev–Trinajstić information content (AvgIpc) is 2.55. The van der Waals surface area contributed by atoms with E-state index in [-0.39, 0.29) is 0 Å². The number of halogens is 1. The van der Waals surface area contributed by atoms with Crippen molar-refractivity contribution in [1.82, 2.24) is 0 Å². The Hall–Kier alpha value is -2.45. The number of rotatable bonds is 4. The van der Waals surface area contributed by atoms with Crippen molar-refractivity contribution in [2.75, 3.05) is 5.73 Å². The lowest BCUT2D eigenvalue weighted by Crippen LogP contribution is -1.99. The van der Waals surface area contributed by atoms with Gasteiger partial charge in [0.15, 0.2) is 0 Å². The molecule has 2 nitrogen and oxygen atoms in total. The molecule has 0 aliphatic heterocycles. The lowest BCUT2D eigenvalue weighted by Gasteiger charge is -2.11. The van der Waals surface area contributed by atoms with Crippen LogP contribution in [-0.4, -0.2) is 0 Å². The fourth-order valence-electron chi connectivity index (χ4n) is 2.24. The van der Waals surface area contributed by atoms with E-state index in [0.29, 0.717) is 23.1 Å². The maximum Gasteiger partial charge on any atom is 0.143 e. The minimum Gasteiger partial charge on any atom is -0.487 e. The molecule has 22 heavy (non-hydrogen) atoms. The summed E-state index contributed by atoms with van der Waals surface area (Å²) >= 11 is 6.05. The Balaban J connectivity index is 1.84. The number of hydrogen-bond donors (Lipinski definition) is 1. The van der Waals surface area contributed by atoms with Crippen LogP contribution < -0.4 is 10.5 Å². The molecule has 0 saturated carbocycles. The largest absolute Gasteiger partial charge is 0.487 e. The number of nitrogen functional groups attached to an aromatic ring is 1. The van der Waals surface area contributed by atoms with E-state index in [1.54, 1.807) is 0 Å². The van der Waals surface area contributed by atoms with E-state index in [2.05, 4.69) is 0 Å². The lowest BCUT2D eigenvalue weighted by molar-refractivity contribution is 0.308. The molecule has 0 radical (unpaired) electrons. The zero-order chi connectivity index (χ0) is 15.4. The SMILES string of the molecule is Nc1ccc(-c2cccc(Cl)c2)cc1OCc1ccccc1. The van der Waals surface area contributed by atoms with Crippen molar-refractivity contribution in [2.24, 2.45) is 0 Å². The molecule has 0 spiro atoms. The van der Waals surface area contributed by atoms with E-state index in [1.165, 1.54) is 0 Å². The molecule has 3 aromatic carbocycles. The van der Waals surface area contributed by atoms with Gasteiger partial charge in [0, 0.05) is 5.02 Å². The fraction of sp³-hybridized carbons (Fsp3) is 0.0526. The van der Waals surface area contributed by atoms with E-state index in [1.807, 2.05) is 72.8 Å². The summed E-state index contributed by atoms with van der Waals surface area (Å²) in [5.74, 6) is 0.682. The second kappa shape index (κ2) is 6.54. The van der Waals surface area contributed by atoms with Crippen LogP contribution in [-0.2, 0) is 6.61 Å². The summed E-state index contributed by atoms with van der Waals surface area (Å²) in [6.45, 7) is 0.490. The van der Waals surface area contributed by atoms with E-state index < -0.39 is 0 Å². The number of hydrogen-bond acceptors (Lipinski definition) is 2. The smallest absolute Gasteiger partial charge is 0.143 e. The van der Waals surface area contributed by atoms with Crippen LogP contribution in [0.5, 0.6) is 5.75 Å². The minimum atomic E-state index is 0.490. The fourth-order valence-corrected chi connectivity index (χ4v) is 2.43. The molecule has 0 fully saturated rings. The first-order chi connectivity index (χ1) is 10.7. The van der Waals surface area contributed by atoms with Crippen LogP contribution in [0, 0.1) is 0 Å². The molecule has 0 bridgehead atoms. The van der Waals surface area contributed by atoms with E-state index in [4.69, 9.17) is 22.1 Å². The van der Waals surface area contributed by atoms with Crippen molar-refractivity contribution in [3.63, 3.8) is 0 Å². The number of nitrogens with two attached hydrogens (primary N) is 1. The highest BCUT2D eigenvalue weighted by atomic mass is 35.5. The van der Waals surface area contributed by atoms with Crippen molar-refractivity contribution < 1.29 is 4.74 Å². The van der Waals surface area contributed by atoms with Crippen LogP contribution in [0.3, 0.4) is 0 Å². The van der Waals surface area contributed by atoms with Gasteiger partial charge in [0.2, 0.25) is 0 Å². The highest BCUT2D eigenvalue weighted by Crippen LogP contribution is 2.30. The third-order valence-corrected chi connectivity index (χ3v) is 3.64. The molecular weight excluding hydrogens is 294 g/mol. The summed E-state index contributed by atoms with van der Waals surface area (Å²) in [5.41, 5.74) is 9.81. The molecule has 0 amide bonds. The van der Waals surface area contributed by atoms with Gasteiger partial charge in [-0.25, -0.2) is 0 Å². The number of benzene rings is 3. The van der Waals surface area contributed by atoms with Crippen LogP contribution in [0.25, 0.3) is 11.1 Å². The summed E-state index contributed by atoms with van der Waals surface area (Å²) in [7, 11) is 0. The first-order valence-electron chi connectivity index (χ1n) is 7.04. The number of anilines is 1. The molecule has 0 atom stereocenters. The molecule has 0 unspecified atom stereocenters. The first-order valence-corrected chi connectivity index (χ1v) is 7.42. The van der Waals surface area contributed by atoms with Gasteiger partial charge in [-0.15, -0.1) is 0 Å². The Bertz CT molecular complexity index is 771. The van der Waals surface area contributed by atoms with Gasteiger partial charge in [0.1, 0.15) is 12.4 Å². The molecule has 3 rings (SSSR count). The van der Waals surface area contributed by atoms with Crippen LogP contribution in [0.2, 0.25) is 5.02 Å². The van der Waals surface area contributed by atoms with Crippen LogP contribution in [0.15, 0.2) is 72.8 Å². The minimum absolute atomic E-state index is 0.490. The zero-order valence-electron chi connectivity index (χ0n) is 12.0. The van der Waals surface area contributed by atoms with Crippen LogP contribution >= 0.6 is 11.6 Å². The van der Waals surface area contributed by atoms with Crippen LogP contribution in [0.1, 0.15) is 5.56 Å². The van der Waals surface area contributed by atoms with Gasteiger partial charge in [0.05, 0.1) is 5.69 Å². The molecule has 110 valence electrons. The quantitative estimate of drug-likeness (QED) is 0.675. The van der Waals surface area contributed by atoms with E-state index in [0.717, 1.165) is 16.7 Å². The molecule has 0 aliphatic carbocycles. The maximum atomic E-state index is 6.05. The highest BCUT2D eigenvalue weighted by molar-refractivity contribution is 6.30. The summed E-state index contributed by atoms with van der Waals surface area (Å²) in [4.78, 5) is 0. The van der Waals surface area contributed by atoms with Crippen molar-refractivity contribution in [2.45, 2.75) is 6.61 Å². The Morgan fingerprint density at radius 1 is 0.818 bits per heavy atom. The normalized spacial score (nSPS) is 10.4. The predicted octanol–water partition coefficient (Wildman–Crippen LogP) is 5.17. The van der Waals surface area contributed by atoms with Gasteiger partial charge in [-0.3, -0.25) is 0 Å². The monoisotopic (exact) mass is 309 g/mol. The maximum absolute atomic E-state index is 6.05. The van der Waals surface area contributed by atoms with E-state index >= 15 is 0 Å². The Morgan fingerprint density at radius 2 is 1.59 bits per heavy atom. The van der Waals surface area contributed by atoms with Crippen molar-refractivity contribution in [1.29, 1.82) is 0 Å². The van der Waals surface area contributed by atoms with Crippen molar-refractivity contribution >= 4 is 17.3 Å². The average molecular weight is 310 g/mol. The summed E-state index contributed by atoms with van der Waals surface area (Å²) in [6, 6.07) is 23.5. The van der Waals surface area contributed by atoms with Gasteiger partial charge in [0.25, 0.3) is 0 Å². The molecule has 2 N–H and O–H groups in total. The molecular formula is C19H16ClNO. The van der Waals surface area contributed by atoms with Crippen LogP contribution in [0.4, 0.5) is 5.69 Å². The number of ether oxygens (including phenoxy) is 1. The summed E-state index contributed by atoms with van der Waals surface area (Å²) in [6.07, 6.45) is 0. The first kappa shape index (κ1) is 14.5. The van der Waals surface area contributed by atoms with Gasteiger partial charge in [-0.05, 0) is 41.0 Å². The summed E-state index contributed by atoms with van der Waals surface area (Å²) < 4.78 is 5.86. The van der Waals surface area contributed by atoms with Gasteiger partial charge < -0.3 is 10.5 Å². The molecule has 0 aromatic heterocycles. The topological polar surface area (TPSA) is 35.2 Å². The second-order valence-electron chi connectivity index (χ2n) is 5.04. The predicted molar refractivity (Wildman–Crippen MR) is 92.1 cm³/mol. The van der Waals surface area contributed by atoms with Gasteiger partial charge in [-0.1, -0.05) is 60.1 Å². The highest BCUT2D eigenvalue weighted by Gasteiger charge is 2.05. The molecule has 0 heterocycles. The summed E-state index contributed by atoms with van der Waals surface area (Å²) in [5, 5.41) is 0.709. The van der Waals surface area contributed by atoms with Gasteiger partial charge >= 0.3 is 0 Å². The standard InChI is InChI=1S/C19H16ClNO/c20-17-8-4-7-15(11-17)16-9-10-18(21)19(12-16)22-13-14-5-2-1-3-6-14/h1-12H,13,21H2. The zero-order valence-corrected chi connectivity index (χ0v) is 12.8.